The maximum atomic E-state index is 12.5. The van der Waals surface area contributed by atoms with Crippen LogP contribution in [0.2, 0.25) is 0 Å². The highest BCUT2D eigenvalue weighted by atomic mass is 16.5. The smallest absolute Gasteiger partial charge is 0.255 e. The minimum absolute atomic E-state index is 0.112. The molecule has 1 heterocycles. The van der Waals surface area contributed by atoms with Gasteiger partial charge in [-0.25, -0.2) is 0 Å². The van der Waals surface area contributed by atoms with Gasteiger partial charge in [0.25, 0.3) is 5.91 Å². The molecule has 5 heteroatoms. The van der Waals surface area contributed by atoms with Crippen molar-refractivity contribution in [2.75, 3.05) is 30.5 Å². The summed E-state index contributed by atoms with van der Waals surface area (Å²) in [6, 6.07) is 13.2. The molecular formula is C20H22N2O3. The van der Waals surface area contributed by atoms with Crippen molar-refractivity contribution >= 4 is 23.2 Å². The lowest BCUT2D eigenvalue weighted by Crippen LogP contribution is -2.37. The van der Waals surface area contributed by atoms with Crippen molar-refractivity contribution in [3.63, 3.8) is 0 Å². The average Bonchev–Trinajstić information content (AvgIpc) is 2.61. The number of rotatable bonds is 5. The summed E-state index contributed by atoms with van der Waals surface area (Å²) in [7, 11) is 1.62. The fourth-order valence-corrected chi connectivity index (χ4v) is 3.09. The van der Waals surface area contributed by atoms with Crippen LogP contribution in [-0.4, -0.2) is 32.1 Å². The molecule has 1 aliphatic rings. The molecule has 0 aromatic heterocycles. The molecule has 0 atom stereocenters. The van der Waals surface area contributed by atoms with E-state index in [2.05, 4.69) is 5.32 Å². The molecule has 130 valence electrons. The molecule has 0 saturated carbocycles. The number of anilines is 2. The number of methoxy groups -OCH3 is 1. The van der Waals surface area contributed by atoms with Gasteiger partial charge in [0.1, 0.15) is 0 Å². The summed E-state index contributed by atoms with van der Waals surface area (Å²) in [6.45, 7) is 2.95. The molecule has 0 saturated heterocycles. The summed E-state index contributed by atoms with van der Waals surface area (Å²) in [4.78, 5) is 26.4. The number of nitrogens with zero attached hydrogens (tertiary/aromatic N) is 1. The Hall–Kier alpha value is -2.66. The first-order valence-electron chi connectivity index (χ1n) is 8.39. The quantitative estimate of drug-likeness (QED) is 0.911. The van der Waals surface area contributed by atoms with Crippen LogP contribution >= 0.6 is 0 Å². The fourth-order valence-electron chi connectivity index (χ4n) is 3.09. The molecule has 1 aliphatic heterocycles. The normalized spacial score (nSPS) is 13.5. The predicted octanol–water partition coefficient (Wildman–Crippen LogP) is 3.17. The topological polar surface area (TPSA) is 58.6 Å². The van der Waals surface area contributed by atoms with Gasteiger partial charge in [0, 0.05) is 37.0 Å². The standard InChI is InChI=1S/C20H22N2O3/c1-14-5-3-4-6-17(14)20(24)21-16-8-9-18-15(13-16)7-10-19(23)22(18)11-12-25-2/h3-6,8-9,13H,7,10-12H2,1-2H3,(H,21,24). The second-order valence-electron chi connectivity index (χ2n) is 6.15. The molecule has 0 bridgehead atoms. The number of benzene rings is 2. The van der Waals surface area contributed by atoms with Crippen LogP contribution in [0, 0.1) is 6.92 Å². The molecule has 0 spiro atoms. The maximum Gasteiger partial charge on any atom is 0.255 e. The summed E-state index contributed by atoms with van der Waals surface area (Å²) >= 11 is 0. The van der Waals surface area contributed by atoms with Crippen molar-refractivity contribution in [3.8, 4) is 0 Å². The molecule has 0 radical (unpaired) electrons. The average molecular weight is 338 g/mol. The monoisotopic (exact) mass is 338 g/mol. The Morgan fingerprint density at radius 2 is 2.00 bits per heavy atom. The molecule has 0 fully saturated rings. The fraction of sp³-hybridized carbons (Fsp3) is 0.300. The van der Waals surface area contributed by atoms with E-state index in [1.165, 1.54) is 0 Å². The number of ether oxygens (including phenoxy) is 1. The molecule has 2 aromatic rings. The Morgan fingerprint density at radius 3 is 2.76 bits per heavy atom. The van der Waals surface area contributed by atoms with Crippen molar-refractivity contribution in [1.29, 1.82) is 0 Å². The molecule has 25 heavy (non-hydrogen) atoms. The van der Waals surface area contributed by atoms with Gasteiger partial charge < -0.3 is 15.0 Å². The lowest BCUT2D eigenvalue weighted by molar-refractivity contribution is -0.119. The lowest BCUT2D eigenvalue weighted by atomic mass is 10.00. The van der Waals surface area contributed by atoms with E-state index in [1.807, 2.05) is 49.4 Å². The number of amides is 2. The molecule has 0 unspecified atom stereocenters. The molecule has 2 aromatic carbocycles. The van der Waals surface area contributed by atoms with E-state index in [0.29, 0.717) is 31.6 Å². The highest BCUT2D eigenvalue weighted by molar-refractivity contribution is 6.05. The van der Waals surface area contributed by atoms with E-state index in [-0.39, 0.29) is 11.8 Å². The number of nitrogens with one attached hydrogen (secondary N) is 1. The number of fused-ring (bicyclic) bond motifs is 1. The summed E-state index contributed by atoms with van der Waals surface area (Å²) < 4.78 is 5.09. The van der Waals surface area contributed by atoms with E-state index in [1.54, 1.807) is 12.0 Å². The number of aryl methyl sites for hydroxylation is 2. The Morgan fingerprint density at radius 1 is 1.20 bits per heavy atom. The largest absolute Gasteiger partial charge is 0.383 e. The van der Waals surface area contributed by atoms with Crippen LogP contribution in [0.15, 0.2) is 42.5 Å². The van der Waals surface area contributed by atoms with E-state index < -0.39 is 0 Å². The first-order chi connectivity index (χ1) is 12.1. The highest BCUT2D eigenvalue weighted by Gasteiger charge is 2.24. The van der Waals surface area contributed by atoms with Crippen molar-refractivity contribution in [2.45, 2.75) is 19.8 Å². The third kappa shape index (κ3) is 3.72. The van der Waals surface area contributed by atoms with Crippen molar-refractivity contribution < 1.29 is 14.3 Å². The van der Waals surface area contributed by atoms with Gasteiger partial charge in [0.15, 0.2) is 0 Å². The Labute approximate surface area is 147 Å². The van der Waals surface area contributed by atoms with E-state index in [0.717, 1.165) is 22.5 Å². The maximum absolute atomic E-state index is 12.5. The number of hydrogen-bond acceptors (Lipinski definition) is 3. The first-order valence-corrected chi connectivity index (χ1v) is 8.39. The summed E-state index contributed by atoms with van der Waals surface area (Å²) in [5.41, 5.74) is 4.32. The van der Waals surface area contributed by atoms with Crippen LogP contribution in [0.3, 0.4) is 0 Å². The van der Waals surface area contributed by atoms with Crippen molar-refractivity contribution in [1.82, 2.24) is 0 Å². The second-order valence-corrected chi connectivity index (χ2v) is 6.15. The molecule has 1 N–H and O–H groups in total. The van der Waals surface area contributed by atoms with E-state index in [9.17, 15) is 9.59 Å². The van der Waals surface area contributed by atoms with Crippen LogP contribution in [0.4, 0.5) is 11.4 Å². The molecule has 0 aliphatic carbocycles. The number of carbonyl (C=O) groups is 2. The lowest BCUT2D eigenvalue weighted by Gasteiger charge is -2.29. The van der Waals surface area contributed by atoms with Crippen LogP contribution < -0.4 is 10.2 Å². The minimum Gasteiger partial charge on any atom is -0.383 e. The first kappa shape index (κ1) is 17.2. The summed E-state index contributed by atoms with van der Waals surface area (Å²) in [5.74, 6) is -0.0116. The zero-order chi connectivity index (χ0) is 17.8. The van der Waals surface area contributed by atoms with Gasteiger partial charge in [-0.2, -0.15) is 0 Å². The van der Waals surface area contributed by atoms with Crippen LogP contribution in [0.25, 0.3) is 0 Å². The van der Waals surface area contributed by atoms with Gasteiger partial charge in [0.2, 0.25) is 5.91 Å². The van der Waals surface area contributed by atoms with Crippen molar-refractivity contribution in [2.24, 2.45) is 0 Å². The number of hydrogen-bond donors (Lipinski definition) is 1. The minimum atomic E-state index is -0.124. The Kier molecular flexibility index (Phi) is 5.14. The van der Waals surface area contributed by atoms with Gasteiger partial charge in [-0.05, 0) is 48.7 Å². The summed E-state index contributed by atoms with van der Waals surface area (Å²) in [5, 5.41) is 2.95. The number of carbonyl (C=O) groups excluding carboxylic acids is 2. The Balaban J connectivity index is 1.80. The zero-order valence-corrected chi connectivity index (χ0v) is 14.5. The van der Waals surface area contributed by atoms with Crippen LogP contribution in [0.5, 0.6) is 0 Å². The van der Waals surface area contributed by atoms with E-state index >= 15 is 0 Å². The highest BCUT2D eigenvalue weighted by Crippen LogP contribution is 2.30. The molecular weight excluding hydrogens is 316 g/mol. The van der Waals surface area contributed by atoms with Gasteiger partial charge in [-0.1, -0.05) is 18.2 Å². The van der Waals surface area contributed by atoms with Gasteiger partial charge in [-0.3, -0.25) is 9.59 Å². The third-order valence-electron chi connectivity index (χ3n) is 4.45. The molecule has 2 amide bonds. The zero-order valence-electron chi connectivity index (χ0n) is 14.5. The van der Waals surface area contributed by atoms with Gasteiger partial charge in [-0.15, -0.1) is 0 Å². The molecule has 5 nitrogen and oxygen atoms in total. The molecule has 3 rings (SSSR count). The van der Waals surface area contributed by atoms with Gasteiger partial charge >= 0.3 is 0 Å². The second kappa shape index (κ2) is 7.49. The third-order valence-corrected chi connectivity index (χ3v) is 4.45. The summed E-state index contributed by atoms with van der Waals surface area (Å²) in [6.07, 6.45) is 1.16. The van der Waals surface area contributed by atoms with Crippen molar-refractivity contribution in [3.05, 3.63) is 59.2 Å². The van der Waals surface area contributed by atoms with Gasteiger partial charge in [0.05, 0.1) is 6.61 Å². The van der Waals surface area contributed by atoms with Crippen LogP contribution in [-0.2, 0) is 16.0 Å². The Bertz CT molecular complexity index is 801. The predicted molar refractivity (Wildman–Crippen MR) is 98.1 cm³/mol. The van der Waals surface area contributed by atoms with Crippen LogP contribution in [0.1, 0.15) is 27.9 Å². The SMILES string of the molecule is COCCN1C(=O)CCc2cc(NC(=O)c3ccccc3C)ccc21. The van der Waals surface area contributed by atoms with E-state index in [4.69, 9.17) is 4.74 Å².